The third kappa shape index (κ3) is 2.33. The molecule has 17 heavy (non-hydrogen) atoms. The van der Waals surface area contributed by atoms with E-state index >= 15 is 0 Å². The van der Waals surface area contributed by atoms with Crippen LogP contribution in [-0.2, 0) is 4.79 Å². The highest BCUT2D eigenvalue weighted by atomic mass is 16.4. The standard InChI is InChI=1S/C12H13N3O2/c1-12(2,10(16)17)15-11-13-7-8-5-3-4-6-9(8)14-11/h3-7H,1-2H3,(H,16,17)(H,13,14,15). The number of hydrogen-bond acceptors (Lipinski definition) is 4. The molecule has 0 saturated carbocycles. The molecule has 0 aliphatic carbocycles. The Morgan fingerprint density at radius 3 is 2.76 bits per heavy atom. The molecule has 5 nitrogen and oxygen atoms in total. The average molecular weight is 231 g/mol. The first-order chi connectivity index (χ1) is 7.99. The van der Waals surface area contributed by atoms with Crippen LogP contribution in [-0.4, -0.2) is 26.6 Å². The first-order valence-electron chi connectivity index (χ1n) is 5.22. The number of carboxylic acid groups (broad SMARTS) is 1. The quantitative estimate of drug-likeness (QED) is 0.843. The summed E-state index contributed by atoms with van der Waals surface area (Å²) in [6.45, 7) is 3.13. The van der Waals surface area contributed by atoms with Crippen LogP contribution in [0.3, 0.4) is 0 Å². The molecular formula is C12H13N3O2. The minimum atomic E-state index is -1.09. The van der Waals surface area contributed by atoms with Gasteiger partial charge in [0, 0.05) is 11.6 Å². The topological polar surface area (TPSA) is 75.1 Å². The molecule has 5 heteroatoms. The Hall–Kier alpha value is -2.17. The maximum Gasteiger partial charge on any atom is 0.328 e. The minimum Gasteiger partial charge on any atom is -0.480 e. The third-order valence-corrected chi connectivity index (χ3v) is 2.45. The molecule has 0 amide bonds. The van der Waals surface area contributed by atoms with Gasteiger partial charge in [0.05, 0.1) is 5.52 Å². The van der Waals surface area contributed by atoms with Gasteiger partial charge in [-0.15, -0.1) is 0 Å². The molecule has 0 fully saturated rings. The molecule has 0 aliphatic heterocycles. The molecule has 0 bridgehead atoms. The summed E-state index contributed by atoms with van der Waals surface area (Å²) in [4.78, 5) is 19.3. The SMILES string of the molecule is CC(C)(Nc1ncc2ccccc2n1)C(=O)O. The van der Waals surface area contributed by atoms with Crippen molar-refractivity contribution in [2.45, 2.75) is 19.4 Å². The van der Waals surface area contributed by atoms with Crippen LogP contribution in [0.2, 0.25) is 0 Å². The van der Waals surface area contributed by atoms with Crippen molar-refractivity contribution in [3.8, 4) is 0 Å². The molecule has 2 rings (SSSR count). The van der Waals surface area contributed by atoms with E-state index in [1.165, 1.54) is 0 Å². The molecule has 1 heterocycles. The average Bonchev–Trinajstić information content (AvgIpc) is 2.28. The van der Waals surface area contributed by atoms with Gasteiger partial charge >= 0.3 is 5.97 Å². The first-order valence-corrected chi connectivity index (χ1v) is 5.22. The molecule has 0 aliphatic rings. The Labute approximate surface area is 98.5 Å². The van der Waals surface area contributed by atoms with Crippen molar-refractivity contribution in [1.82, 2.24) is 9.97 Å². The van der Waals surface area contributed by atoms with Gasteiger partial charge in [-0.1, -0.05) is 18.2 Å². The number of hydrogen-bond donors (Lipinski definition) is 2. The molecule has 0 spiro atoms. The smallest absolute Gasteiger partial charge is 0.328 e. The van der Waals surface area contributed by atoms with Gasteiger partial charge in [-0.25, -0.2) is 14.8 Å². The van der Waals surface area contributed by atoms with Gasteiger partial charge in [0.15, 0.2) is 0 Å². The van der Waals surface area contributed by atoms with E-state index in [2.05, 4.69) is 15.3 Å². The number of aliphatic carboxylic acids is 1. The van der Waals surface area contributed by atoms with Crippen LogP contribution in [0.4, 0.5) is 5.95 Å². The van der Waals surface area contributed by atoms with Crippen LogP contribution in [0.15, 0.2) is 30.5 Å². The van der Waals surface area contributed by atoms with Gasteiger partial charge in [-0.3, -0.25) is 0 Å². The summed E-state index contributed by atoms with van der Waals surface area (Å²) in [5, 5.41) is 12.7. The van der Waals surface area contributed by atoms with Crippen molar-refractivity contribution < 1.29 is 9.90 Å². The highest BCUT2D eigenvalue weighted by molar-refractivity contribution is 5.82. The molecule has 0 atom stereocenters. The summed E-state index contributed by atoms with van der Waals surface area (Å²) >= 11 is 0. The van der Waals surface area contributed by atoms with E-state index in [0.29, 0.717) is 5.95 Å². The summed E-state index contributed by atoms with van der Waals surface area (Å²) in [7, 11) is 0. The second kappa shape index (κ2) is 4.01. The largest absolute Gasteiger partial charge is 0.480 e. The Bertz CT molecular complexity index is 566. The lowest BCUT2D eigenvalue weighted by Crippen LogP contribution is -2.40. The van der Waals surface area contributed by atoms with Gasteiger partial charge in [-0.05, 0) is 19.9 Å². The van der Waals surface area contributed by atoms with Crippen LogP contribution >= 0.6 is 0 Å². The summed E-state index contributed by atoms with van der Waals surface area (Å²) in [5.41, 5.74) is -0.311. The number of nitrogens with one attached hydrogen (secondary N) is 1. The van der Waals surface area contributed by atoms with Crippen molar-refractivity contribution in [2.24, 2.45) is 0 Å². The monoisotopic (exact) mass is 231 g/mol. The number of aromatic nitrogens is 2. The van der Waals surface area contributed by atoms with Crippen LogP contribution in [0, 0.1) is 0 Å². The number of fused-ring (bicyclic) bond motifs is 1. The van der Waals surface area contributed by atoms with Gasteiger partial charge in [0.1, 0.15) is 5.54 Å². The minimum absolute atomic E-state index is 0.316. The van der Waals surface area contributed by atoms with Crippen molar-refractivity contribution >= 4 is 22.8 Å². The number of nitrogens with zero attached hydrogens (tertiary/aromatic N) is 2. The highest BCUT2D eigenvalue weighted by Gasteiger charge is 2.27. The zero-order valence-electron chi connectivity index (χ0n) is 9.64. The maximum absolute atomic E-state index is 11.0. The Morgan fingerprint density at radius 2 is 2.06 bits per heavy atom. The number of carboxylic acids is 1. The van der Waals surface area contributed by atoms with Crippen molar-refractivity contribution in [3.63, 3.8) is 0 Å². The van der Waals surface area contributed by atoms with E-state index < -0.39 is 11.5 Å². The van der Waals surface area contributed by atoms with E-state index in [1.54, 1.807) is 20.0 Å². The van der Waals surface area contributed by atoms with Crippen molar-refractivity contribution in [1.29, 1.82) is 0 Å². The highest BCUT2D eigenvalue weighted by Crippen LogP contribution is 2.15. The predicted octanol–water partition coefficient (Wildman–Crippen LogP) is 1.90. The summed E-state index contributed by atoms with van der Waals surface area (Å²) in [6.07, 6.45) is 1.67. The van der Waals surface area contributed by atoms with E-state index in [1.807, 2.05) is 24.3 Å². The summed E-state index contributed by atoms with van der Waals surface area (Å²) in [5.74, 6) is -0.634. The van der Waals surface area contributed by atoms with Gasteiger partial charge in [-0.2, -0.15) is 0 Å². The van der Waals surface area contributed by atoms with Gasteiger partial charge < -0.3 is 10.4 Å². The van der Waals surface area contributed by atoms with E-state index in [4.69, 9.17) is 5.11 Å². The van der Waals surface area contributed by atoms with E-state index in [0.717, 1.165) is 10.9 Å². The molecule has 0 radical (unpaired) electrons. The molecule has 1 aromatic carbocycles. The Morgan fingerprint density at radius 1 is 1.35 bits per heavy atom. The molecule has 0 unspecified atom stereocenters. The molecule has 1 aromatic heterocycles. The molecule has 0 saturated heterocycles. The fourth-order valence-corrected chi connectivity index (χ4v) is 1.37. The van der Waals surface area contributed by atoms with E-state index in [9.17, 15) is 4.79 Å². The molecule has 2 N–H and O–H groups in total. The molecule has 88 valence electrons. The zero-order chi connectivity index (χ0) is 12.5. The van der Waals surface area contributed by atoms with E-state index in [-0.39, 0.29) is 0 Å². The second-order valence-corrected chi connectivity index (χ2v) is 4.31. The zero-order valence-corrected chi connectivity index (χ0v) is 9.64. The Balaban J connectivity index is 2.34. The number of rotatable bonds is 3. The number of anilines is 1. The molecular weight excluding hydrogens is 218 g/mol. The van der Waals surface area contributed by atoms with Crippen molar-refractivity contribution in [3.05, 3.63) is 30.5 Å². The lowest BCUT2D eigenvalue weighted by atomic mass is 10.1. The Kier molecular flexibility index (Phi) is 2.67. The number of carbonyl (C=O) groups is 1. The summed E-state index contributed by atoms with van der Waals surface area (Å²) < 4.78 is 0. The van der Waals surface area contributed by atoms with Crippen molar-refractivity contribution in [2.75, 3.05) is 5.32 Å². The fourth-order valence-electron chi connectivity index (χ4n) is 1.37. The van der Waals surface area contributed by atoms with Crippen LogP contribution < -0.4 is 5.32 Å². The molecule has 2 aromatic rings. The first kappa shape index (κ1) is 11.3. The fraction of sp³-hybridized carbons (Fsp3) is 0.250. The maximum atomic E-state index is 11.0. The number of benzene rings is 1. The van der Waals surface area contributed by atoms with Crippen LogP contribution in [0.25, 0.3) is 10.9 Å². The summed E-state index contributed by atoms with van der Waals surface area (Å²) in [6, 6.07) is 7.54. The van der Waals surface area contributed by atoms with Gasteiger partial charge in [0.2, 0.25) is 5.95 Å². The van der Waals surface area contributed by atoms with Gasteiger partial charge in [0.25, 0.3) is 0 Å². The third-order valence-electron chi connectivity index (χ3n) is 2.45. The number of para-hydroxylation sites is 1. The normalized spacial score (nSPS) is 11.4. The second-order valence-electron chi connectivity index (χ2n) is 4.31. The van der Waals surface area contributed by atoms with Crippen LogP contribution in [0.1, 0.15) is 13.8 Å². The lowest BCUT2D eigenvalue weighted by Gasteiger charge is -2.20. The van der Waals surface area contributed by atoms with Crippen LogP contribution in [0.5, 0.6) is 0 Å². The lowest BCUT2D eigenvalue weighted by molar-refractivity contribution is -0.141. The predicted molar refractivity (Wildman–Crippen MR) is 64.9 cm³/mol.